The number of hydrogen-bond acceptors (Lipinski definition) is 4. The largest absolute Gasteiger partial charge is 0.345 e. The highest BCUT2D eigenvalue weighted by molar-refractivity contribution is 6.05. The quantitative estimate of drug-likeness (QED) is 0.725. The van der Waals surface area contributed by atoms with E-state index in [1.165, 1.54) is 18.3 Å². The molecule has 6 nitrogen and oxygen atoms in total. The summed E-state index contributed by atoms with van der Waals surface area (Å²) in [7, 11) is 0. The molecule has 0 fully saturated rings. The van der Waals surface area contributed by atoms with Gasteiger partial charge in [-0.3, -0.25) is 19.6 Å². The fourth-order valence-electron chi connectivity index (χ4n) is 2.25. The van der Waals surface area contributed by atoms with Gasteiger partial charge in [0.25, 0.3) is 11.8 Å². The first-order chi connectivity index (χ1) is 13.0. The Morgan fingerprint density at radius 3 is 2.52 bits per heavy atom. The number of rotatable bonds is 5. The van der Waals surface area contributed by atoms with Gasteiger partial charge in [-0.05, 0) is 36.4 Å². The van der Waals surface area contributed by atoms with Crippen molar-refractivity contribution in [1.82, 2.24) is 15.3 Å². The molecule has 0 atom stereocenters. The van der Waals surface area contributed by atoms with Crippen molar-refractivity contribution >= 4 is 17.5 Å². The first kappa shape index (κ1) is 18.1. The summed E-state index contributed by atoms with van der Waals surface area (Å²) in [6.45, 7) is 0.207. The lowest BCUT2D eigenvalue weighted by Crippen LogP contribution is -2.25. The van der Waals surface area contributed by atoms with Crippen LogP contribution in [0, 0.1) is 11.6 Å². The van der Waals surface area contributed by atoms with Crippen LogP contribution < -0.4 is 10.6 Å². The summed E-state index contributed by atoms with van der Waals surface area (Å²) >= 11 is 0. The van der Waals surface area contributed by atoms with Crippen molar-refractivity contribution in [3.8, 4) is 0 Å². The number of aromatic nitrogens is 2. The minimum Gasteiger partial charge on any atom is -0.345 e. The van der Waals surface area contributed by atoms with E-state index < -0.39 is 23.4 Å². The van der Waals surface area contributed by atoms with Crippen molar-refractivity contribution in [3.05, 3.63) is 89.5 Å². The Labute approximate surface area is 153 Å². The molecule has 3 aromatic rings. The Hall–Kier alpha value is -3.68. The van der Waals surface area contributed by atoms with E-state index in [4.69, 9.17) is 0 Å². The van der Waals surface area contributed by atoms with Crippen LogP contribution >= 0.6 is 0 Å². The molecule has 0 aliphatic rings. The van der Waals surface area contributed by atoms with Crippen LogP contribution in [0.25, 0.3) is 0 Å². The van der Waals surface area contributed by atoms with Gasteiger partial charge in [0.2, 0.25) is 0 Å². The monoisotopic (exact) mass is 368 g/mol. The van der Waals surface area contributed by atoms with Crippen LogP contribution in [-0.4, -0.2) is 21.8 Å². The Morgan fingerprint density at radius 1 is 0.926 bits per heavy atom. The van der Waals surface area contributed by atoms with Gasteiger partial charge in [0.1, 0.15) is 17.3 Å². The predicted molar refractivity (Wildman–Crippen MR) is 94.0 cm³/mol. The topological polar surface area (TPSA) is 84.0 Å². The van der Waals surface area contributed by atoms with Crippen LogP contribution in [-0.2, 0) is 6.54 Å². The third-order valence-corrected chi connectivity index (χ3v) is 3.59. The predicted octanol–water partition coefficient (Wildman–Crippen LogP) is 2.94. The van der Waals surface area contributed by atoms with Crippen LogP contribution in [0.2, 0.25) is 0 Å². The summed E-state index contributed by atoms with van der Waals surface area (Å²) in [6.07, 6.45) is 2.91. The standard InChI is InChI=1S/C19H14F2N4O2/c20-13-4-5-16(15(21)10-13)25-18(26)12-6-8-23-17(9-12)19(27)24-11-14-3-1-2-7-22-14/h1-10H,11H2,(H,24,27)(H,25,26). The highest BCUT2D eigenvalue weighted by Crippen LogP contribution is 2.16. The van der Waals surface area contributed by atoms with Crippen LogP contribution in [0.15, 0.2) is 60.9 Å². The fourth-order valence-corrected chi connectivity index (χ4v) is 2.25. The van der Waals surface area contributed by atoms with Gasteiger partial charge in [-0.2, -0.15) is 0 Å². The molecule has 0 aliphatic heterocycles. The molecule has 0 spiro atoms. The van der Waals surface area contributed by atoms with Crippen LogP contribution in [0.1, 0.15) is 26.5 Å². The number of amides is 2. The molecule has 0 saturated heterocycles. The van der Waals surface area contributed by atoms with Crippen LogP contribution in [0.5, 0.6) is 0 Å². The number of carbonyl (C=O) groups is 2. The number of carbonyl (C=O) groups excluding carboxylic acids is 2. The van der Waals surface area contributed by atoms with Gasteiger partial charge in [-0.25, -0.2) is 8.78 Å². The molecule has 1 aromatic carbocycles. The first-order valence-corrected chi connectivity index (χ1v) is 7.93. The van der Waals surface area contributed by atoms with Crippen molar-refractivity contribution in [2.75, 3.05) is 5.32 Å². The summed E-state index contributed by atoms with van der Waals surface area (Å²) in [6, 6.07) is 10.8. The fraction of sp³-hybridized carbons (Fsp3) is 0.0526. The maximum atomic E-state index is 13.7. The number of nitrogens with one attached hydrogen (secondary N) is 2. The number of halogens is 2. The van der Waals surface area contributed by atoms with Crippen molar-refractivity contribution in [1.29, 1.82) is 0 Å². The van der Waals surface area contributed by atoms with Crippen LogP contribution in [0.3, 0.4) is 0 Å². The van der Waals surface area contributed by atoms with E-state index in [2.05, 4.69) is 20.6 Å². The summed E-state index contributed by atoms with van der Waals surface area (Å²) in [5.41, 5.74) is 0.640. The molecule has 2 amide bonds. The minimum absolute atomic E-state index is 0.0261. The third-order valence-electron chi connectivity index (χ3n) is 3.59. The van der Waals surface area contributed by atoms with Gasteiger partial charge in [-0.15, -0.1) is 0 Å². The molecule has 0 aliphatic carbocycles. The number of benzene rings is 1. The highest BCUT2D eigenvalue weighted by Gasteiger charge is 2.14. The van der Waals surface area contributed by atoms with Crippen molar-refractivity contribution < 1.29 is 18.4 Å². The zero-order chi connectivity index (χ0) is 19.2. The Morgan fingerprint density at radius 2 is 1.78 bits per heavy atom. The zero-order valence-electron chi connectivity index (χ0n) is 13.9. The van der Waals surface area contributed by atoms with E-state index in [0.29, 0.717) is 11.8 Å². The summed E-state index contributed by atoms with van der Waals surface area (Å²) < 4.78 is 26.6. The van der Waals surface area contributed by atoms with E-state index in [9.17, 15) is 18.4 Å². The molecule has 0 radical (unpaired) electrons. The van der Waals surface area contributed by atoms with Gasteiger partial charge < -0.3 is 10.6 Å². The smallest absolute Gasteiger partial charge is 0.270 e. The van der Waals surface area contributed by atoms with Crippen molar-refractivity contribution in [3.63, 3.8) is 0 Å². The van der Waals surface area contributed by atoms with Gasteiger partial charge in [-0.1, -0.05) is 6.07 Å². The van der Waals surface area contributed by atoms with E-state index in [1.54, 1.807) is 24.4 Å². The van der Waals surface area contributed by atoms with Gasteiger partial charge in [0.05, 0.1) is 17.9 Å². The number of anilines is 1. The van der Waals surface area contributed by atoms with Gasteiger partial charge >= 0.3 is 0 Å². The lowest BCUT2D eigenvalue weighted by Gasteiger charge is -2.08. The van der Waals surface area contributed by atoms with E-state index in [0.717, 1.165) is 12.1 Å². The molecule has 8 heteroatoms. The highest BCUT2D eigenvalue weighted by atomic mass is 19.1. The second-order valence-electron chi connectivity index (χ2n) is 5.51. The maximum absolute atomic E-state index is 13.7. The molecule has 2 N–H and O–H groups in total. The van der Waals surface area contributed by atoms with Gasteiger partial charge in [0, 0.05) is 24.0 Å². The number of hydrogen-bond donors (Lipinski definition) is 2. The van der Waals surface area contributed by atoms with E-state index >= 15 is 0 Å². The van der Waals surface area contributed by atoms with E-state index in [-0.39, 0.29) is 23.5 Å². The summed E-state index contributed by atoms with van der Waals surface area (Å²) in [4.78, 5) is 32.5. The molecular formula is C19H14F2N4O2. The molecule has 136 valence electrons. The molecule has 2 aromatic heterocycles. The summed E-state index contributed by atoms with van der Waals surface area (Å²) in [5, 5.41) is 4.98. The second kappa shape index (κ2) is 8.13. The van der Waals surface area contributed by atoms with Crippen LogP contribution in [0.4, 0.5) is 14.5 Å². The SMILES string of the molecule is O=C(Nc1ccc(F)cc1F)c1ccnc(C(=O)NCc2ccccn2)c1. The average molecular weight is 368 g/mol. The zero-order valence-corrected chi connectivity index (χ0v) is 13.9. The first-order valence-electron chi connectivity index (χ1n) is 7.93. The average Bonchev–Trinajstić information content (AvgIpc) is 2.69. The Kier molecular flexibility index (Phi) is 5.46. The second-order valence-corrected chi connectivity index (χ2v) is 5.51. The normalized spacial score (nSPS) is 10.3. The molecule has 3 rings (SSSR count). The summed E-state index contributed by atoms with van der Waals surface area (Å²) in [5.74, 6) is -2.78. The Balaban J connectivity index is 1.68. The van der Waals surface area contributed by atoms with Gasteiger partial charge in [0.15, 0.2) is 0 Å². The van der Waals surface area contributed by atoms with Crippen molar-refractivity contribution in [2.24, 2.45) is 0 Å². The minimum atomic E-state index is -0.897. The molecule has 27 heavy (non-hydrogen) atoms. The lowest BCUT2D eigenvalue weighted by atomic mass is 10.2. The molecule has 0 bridgehead atoms. The third kappa shape index (κ3) is 4.69. The van der Waals surface area contributed by atoms with Crippen molar-refractivity contribution in [2.45, 2.75) is 6.54 Å². The van der Waals surface area contributed by atoms with E-state index in [1.807, 2.05) is 0 Å². The number of nitrogens with zero attached hydrogens (tertiary/aromatic N) is 2. The molecule has 2 heterocycles. The Bertz CT molecular complexity index is 980. The molecule has 0 saturated carbocycles. The number of pyridine rings is 2. The molecule has 0 unspecified atom stereocenters. The maximum Gasteiger partial charge on any atom is 0.270 e. The molecular weight excluding hydrogens is 354 g/mol. The lowest BCUT2D eigenvalue weighted by molar-refractivity contribution is 0.0945.